The van der Waals surface area contributed by atoms with Crippen molar-refractivity contribution in [2.45, 2.75) is 20.8 Å². The first-order valence-electron chi connectivity index (χ1n) is 8.83. The first-order chi connectivity index (χ1) is 12.1. The molecule has 0 aliphatic carbocycles. The predicted octanol–water partition coefficient (Wildman–Crippen LogP) is 3.69. The number of nitrogens with zero attached hydrogens (tertiary/aromatic N) is 2. The largest absolute Gasteiger partial charge is 0.372 e. The van der Waals surface area contributed by atoms with Crippen LogP contribution in [0.3, 0.4) is 0 Å². The van der Waals surface area contributed by atoms with Crippen molar-refractivity contribution in [3.63, 3.8) is 0 Å². The SMILES string of the molecule is CCN(CC)c1ccc(C=NCCNC(=O)c2ccc(C)cc2)cc1. The van der Waals surface area contributed by atoms with Crippen LogP contribution in [0.1, 0.15) is 35.3 Å². The van der Waals surface area contributed by atoms with E-state index in [1.807, 2.05) is 37.4 Å². The van der Waals surface area contributed by atoms with Crippen LogP contribution in [-0.4, -0.2) is 38.3 Å². The highest BCUT2D eigenvalue weighted by Gasteiger charge is 2.03. The smallest absolute Gasteiger partial charge is 0.251 e. The van der Waals surface area contributed by atoms with Crippen LogP contribution in [-0.2, 0) is 0 Å². The van der Waals surface area contributed by atoms with Gasteiger partial charge in [-0.15, -0.1) is 0 Å². The van der Waals surface area contributed by atoms with E-state index in [1.165, 1.54) is 5.69 Å². The van der Waals surface area contributed by atoms with Crippen LogP contribution in [0.25, 0.3) is 0 Å². The number of carbonyl (C=O) groups excluding carboxylic acids is 1. The lowest BCUT2D eigenvalue weighted by Gasteiger charge is -2.20. The number of benzene rings is 2. The van der Waals surface area contributed by atoms with Gasteiger partial charge >= 0.3 is 0 Å². The third kappa shape index (κ3) is 5.75. The zero-order valence-electron chi connectivity index (χ0n) is 15.3. The molecular weight excluding hydrogens is 310 g/mol. The van der Waals surface area contributed by atoms with Gasteiger partial charge in [-0.1, -0.05) is 29.8 Å². The summed E-state index contributed by atoms with van der Waals surface area (Å²) in [5.74, 6) is -0.0567. The molecule has 0 radical (unpaired) electrons. The second-order valence-corrected chi connectivity index (χ2v) is 5.92. The third-order valence-electron chi connectivity index (χ3n) is 4.10. The van der Waals surface area contributed by atoms with Gasteiger partial charge in [0.1, 0.15) is 0 Å². The number of carbonyl (C=O) groups is 1. The molecule has 2 aromatic rings. The molecule has 0 aliphatic heterocycles. The molecule has 0 spiro atoms. The Labute approximate surface area is 150 Å². The van der Waals surface area contributed by atoms with Crippen LogP contribution < -0.4 is 10.2 Å². The van der Waals surface area contributed by atoms with Crippen LogP contribution in [0, 0.1) is 6.92 Å². The summed E-state index contributed by atoms with van der Waals surface area (Å²) in [6, 6.07) is 15.9. The molecule has 0 atom stereocenters. The molecule has 0 unspecified atom stereocenters. The Kier molecular flexibility index (Phi) is 7.20. The summed E-state index contributed by atoms with van der Waals surface area (Å²) in [5.41, 5.74) is 4.13. The molecule has 25 heavy (non-hydrogen) atoms. The van der Waals surface area contributed by atoms with E-state index in [-0.39, 0.29) is 5.91 Å². The fourth-order valence-electron chi connectivity index (χ4n) is 2.57. The molecule has 1 N–H and O–H groups in total. The zero-order valence-corrected chi connectivity index (χ0v) is 15.3. The van der Waals surface area contributed by atoms with Crippen LogP contribution in [0.5, 0.6) is 0 Å². The van der Waals surface area contributed by atoms with Gasteiger partial charge in [0.15, 0.2) is 0 Å². The second-order valence-electron chi connectivity index (χ2n) is 5.92. The normalized spacial score (nSPS) is 10.8. The first-order valence-corrected chi connectivity index (χ1v) is 8.83. The van der Waals surface area contributed by atoms with E-state index < -0.39 is 0 Å². The highest BCUT2D eigenvalue weighted by molar-refractivity contribution is 5.94. The van der Waals surface area contributed by atoms with Crippen molar-refractivity contribution in [1.29, 1.82) is 0 Å². The maximum Gasteiger partial charge on any atom is 0.251 e. The van der Waals surface area contributed by atoms with Gasteiger partial charge in [0.2, 0.25) is 0 Å². The summed E-state index contributed by atoms with van der Waals surface area (Å²) in [5, 5.41) is 2.88. The monoisotopic (exact) mass is 337 g/mol. The van der Waals surface area contributed by atoms with Gasteiger partial charge in [-0.25, -0.2) is 0 Å². The molecule has 0 saturated heterocycles. The number of aliphatic imine (C=N–C) groups is 1. The van der Waals surface area contributed by atoms with E-state index in [0.29, 0.717) is 18.7 Å². The molecule has 0 bridgehead atoms. The number of rotatable bonds is 8. The molecule has 4 nitrogen and oxygen atoms in total. The zero-order chi connectivity index (χ0) is 18.1. The summed E-state index contributed by atoms with van der Waals surface area (Å²) >= 11 is 0. The maximum atomic E-state index is 12.0. The summed E-state index contributed by atoms with van der Waals surface area (Å²) in [6.45, 7) is 9.42. The minimum Gasteiger partial charge on any atom is -0.372 e. The van der Waals surface area contributed by atoms with E-state index in [0.717, 1.165) is 24.2 Å². The minimum absolute atomic E-state index is 0.0567. The van der Waals surface area contributed by atoms with Gasteiger partial charge in [-0.3, -0.25) is 9.79 Å². The van der Waals surface area contributed by atoms with Crippen LogP contribution in [0.4, 0.5) is 5.69 Å². The van der Waals surface area contributed by atoms with Crippen molar-refractivity contribution in [2.75, 3.05) is 31.1 Å². The molecule has 132 valence electrons. The number of hydrogen-bond donors (Lipinski definition) is 1. The summed E-state index contributed by atoms with van der Waals surface area (Å²) in [7, 11) is 0. The van der Waals surface area contributed by atoms with Gasteiger partial charge in [0, 0.05) is 37.1 Å². The van der Waals surface area contributed by atoms with Crippen molar-refractivity contribution in [3.8, 4) is 0 Å². The van der Waals surface area contributed by atoms with Gasteiger partial charge in [0.05, 0.1) is 6.54 Å². The van der Waals surface area contributed by atoms with E-state index in [2.05, 4.69) is 53.3 Å². The van der Waals surface area contributed by atoms with E-state index in [4.69, 9.17) is 0 Å². The Morgan fingerprint density at radius 2 is 1.68 bits per heavy atom. The van der Waals surface area contributed by atoms with Gasteiger partial charge in [0.25, 0.3) is 5.91 Å². The highest BCUT2D eigenvalue weighted by atomic mass is 16.1. The van der Waals surface area contributed by atoms with Crippen LogP contribution in [0.15, 0.2) is 53.5 Å². The quantitative estimate of drug-likeness (QED) is 0.590. The van der Waals surface area contributed by atoms with Crippen molar-refractivity contribution in [3.05, 3.63) is 65.2 Å². The summed E-state index contributed by atoms with van der Waals surface area (Å²) < 4.78 is 0. The Balaban J connectivity index is 1.77. The van der Waals surface area contributed by atoms with Gasteiger partial charge in [-0.05, 0) is 50.6 Å². The van der Waals surface area contributed by atoms with Crippen LogP contribution in [0.2, 0.25) is 0 Å². The Hall–Kier alpha value is -2.62. The number of aryl methyl sites for hydroxylation is 1. The molecule has 0 aliphatic rings. The van der Waals surface area contributed by atoms with E-state index in [9.17, 15) is 4.79 Å². The summed E-state index contributed by atoms with van der Waals surface area (Å²) in [4.78, 5) is 18.7. The van der Waals surface area contributed by atoms with E-state index >= 15 is 0 Å². The number of nitrogens with one attached hydrogen (secondary N) is 1. The van der Waals surface area contributed by atoms with E-state index in [1.54, 1.807) is 0 Å². The Bertz CT molecular complexity index is 686. The topological polar surface area (TPSA) is 44.7 Å². The van der Waals surface area contributed by atoms with Crippen LogP contribution >= 0.6 is 0 Å². The predicted molar refractivity (Wildman–Crippen MR) is 106 cm³/mol. The highest BCUT2D eigenvalue weighted by Crippen LogP contribution is 2.13. The molecule has 0 fully saturated rings. The fraction of sp³-hybridized carbons (Fsp3) is 0.333. The Morgan fingerprint density at radius 3 is 2.28 bits per heavy atom. The van der Waals surface area contributed by atoms with Crippen molar-refractivity contribution in [2.24, 2.45) is 4.99 Å². The molecule has 0 heterocycles. The molecule has 0 aromatic heterocycles. The molecule has 2 aromatic carbocycles. The first kappa shape index (κ1) is 18.7. The summed E-state index contributed by atoms with van der Waals surface area (Å²) in [6.07, 6.45) is 1.85. The molecule has 0 saturated carbocycles. The molecule has 1 amide bonds. The average molecular weight is 337 g/mol. The lowest BCUT2D eigenvalue weighted by Crippen LogP contribution is -2.25. The van der Waals surface area contributed by atoms with Crippen molar-refractivity contribution < 1.29 is 4.79 Å². The lowest BCUT2D eigenvalue weighted by atomic mass is 10.1. The molecule has 2 rings (SSSR count). The minimum atomic E-state index is -0.0567. The standard InChI is InChI=1S/C21H27N3O/c1-4-24(5-2)20-12-8-18(9-13-20)16-22-14-15-23-21(25)19-10-6-17(3)7-11-19/h6-13,16H,4-5,14-15H2,1-3H3,(H,23,25). The van der Waals surface area contributed by atoms with Gasteiger partial charge < -0.3 is 10.2 Å². The van der Waals surface area contributed by atoms with Crippen molar-refractivity contribution >= 4 is 17.8 Å². The maximum absolute atomic E-state index is 12.0. The fourth-order valence-corrected chi connectivity index (χ4v) is 2.57. The Morgan fingerprint density at radius 1 is 1.04 bits per heavy atom. The molecule has 4 heteroatoms. The molecular formula is C21H27N3O. The lowest BCUT2D eigenvalue weighted by molar-refractivity contribution is 0.0955. The number of anilines is 1. The average Bonchev–Trinajstić information content (AvgIpc) is 2.64. The second kappa shape index (κ2) is 9.62. The third-order valence-corrected chi connectivity index (χ3v) is 4.10. The van der Waals surface area contributed by atoms with Gasteiger partial charge in [-0.2, -0.15) is 0 Å². The number of amides is 1. The number of hydrogen-bond acceptors (Lipinski definition) is 3. The van der Waals surface area contributed by atoms with Crippen molar-refractivity contribution in [1.82, 2.24) is 5.32 Å².